The number of phosphoric ester groups is 3. The van der Waals surface area contributed by atoms with E-state index in [-0.39, 0.29) is 41.6 Å². The number of anilines is 1. The predicted octanol–water partition coefficient (Wildman–Crippen LogP) is -0.513. The van der Waals surface area contributed by atoms with Gasteiger partial charge < -0.3 is 50.9 Å². The molecule has 2 aromatic rings. The molecule has 0 saturated carbocycles. The Morgan fingerprint density at radius 3 is 2.34 bits per heavy atom. The van der Waals surface area contributed by atoms with E-state index in [1.54, 1.807) is 0 Å². The Labute approximate surface area is 306 Å². The molecule has 10 N–H and O–H groups in total. The quantitative estimate of drug-likeness (QED) is 0.0488. The summed E-state index contributed by atoms with van der Waals surface area (Å²) in [6.07, 6.45) is -6.88. The maximum Gasteiger partial charge on any atom is 0.481 e. The molecule has 53 heavy (non-hydrogen) atoms. The molecule has 28 heteroatoms. The first-order chi connectivity index (χ1) is 24.5. The zero-order valence-electron chi connectivity index (χ0n) is 28.5. The summed E-state index contributed by atoms with van der Waals surface area (Å²) in [5.41, 5.74) is 4.26. The van der Waals surface area contributed by atoms with Gasteiger partial charge in [-0.2, -0.15) is 4.31 Å². The highest BCUT2D eigenvalue weighted by Gasteiger charge is 2.50. The van der Waals surface area contributed by atoms with Crippen molar-refractivity contribution in [3.63, 3.8) is 0 Å². The molecule has 3 rings (SSSR count). The lowest BCUT2D eigenvalue weighted by Gasteiger charge is -2.30. The summed E-state index contributed by atoms with van der Waals surface area (Å²) < 4.78 is 61.8. The van der Waals surface area contributed by atoms with Gasteiger partial charge in [0.05, 0.1) is 19.5 Å². The molecule has 3 heterocycles. The van der Waals surface area contributed by atoms with Crippen LogP contribution in [-0.2, 0) is 50.7 Å². The first-order valence-electron chi connectivity index (χ1n) is 15.0. The van der Waals surface area contributed by atoms with Crippen LogP contribution >= 0.6 is 35.2 Å². The van der Waals surface area contributed by atoms with Crippen LogP contribution in [0.15, 0.2) is 25.8 Å². The van der Waals surface area contributed by atoms with Crippen LogP contribution in [0.4, 0.5) is 5.82 Å². The van der Waals surface area contributed by atoms with E-state index in [0.29, 0.717) is 5.75 Å². The van der Waals surface area contributed by atoms with Crippen molar-refractivity contribution in [2.24, 2.45) is 5.41 Å². The number of nitrogens with two attached hydrogens (primary N) is 1. The molecule has 0 bridgehead atoms. The summed E-state index contributed by atoms with van der Waals surface area (Å²) in [6, 6.07) is 0. The number of amides is 2. The van der Waals surface area contributed by atoms with Crippen LogP contribution in [0.1, 0.15) is 33.4 Å². The number of hydrogen-bond acceptors (Lipinski definition) is 18. The lowest BCUT2D eigenvalue weighted by molar-refractivity contribution is -0.137. The molecule has 1 fully saturated rings. The molecule has 24 nitrogen and oxygen atoms in total. The number of phosphoric acid groups is 3. The summed E-state index contributed by atoms with van der Waals surface area (Å²) in [7, 11) is -16.4. The second kappa shape index (κ2) is 19.8. The van der Waals surface area contributed by atoms with Crippen molar-refractivity contribution in [3.8, 4) is 0 Å². The Morgan fingerprint density at radius 2 is 1.72 bits per heavy atom. The van der Waals surface area contributed by atoms with Gasteiger partial charge in [-0.15, -0.1) is 13.2 Å². The van der Waals surface area contributed by atoms with E-state index >= 15 is 0 Å². The molecule has 1 saturated heterocycles. The van der Waals surface area contributed by atoms with Crippen LogP contribution in [-0.4, -0.2) is 123 Å². The minimum atomic E-state index is -5.56. The van der Waals surface area contributed by atoms with Crippen LogP contribution in [0, 0.1) is 5.41 Å². The minimum absolute atomic E-state index is 0.0310. The molecule has 300 valence electrons. The van der Waals surface area contributed by atoms with E-state index in [9.17, 15) is 57.9 Å². The van der Waals surface area contributed by atoms with Gasteiger partial charge in [0.2, 0.25) is 11.8 Å². The Hall–Kier alpha value is -2.70. The van der Waals surface area contributed by atoms with Gasteiger partial charge in [-0.3, -0.25) is 32.5 Å². The number of rotatable bonds is 19. The summed E-state index contributed by atoms with van der Waals surface area (Å²) in [5, 5.41) is 26.1. The Balaban J connectivity index is 0.00000477. The molecule has 2 aromatic heterocycles. The largest absolute Gasteiger partial charge is 0.481 e. The molecule has 2 amide bonds. The highest BCUT2D eigenvalue weighted by Crippen LogP contribution is 2.61. The van der Waals surface area contributed by atoms with Crippen LogP contribution < -0.4 is 16.4 Å². The van der Waals surface area contributed by atoms with Gasteiger partial charge in [-0.25, -0.2) is 28.6 Å². The summed E-state index contributed by atoms with van der Waals surface area (Å²) in [6.45, 7) is 7.90. The molecule has 0 radical (unpaired) electrons. The van der Waals surface area contributed by atoms with Gasteiger partial charge in [-0.05, 0) is 0 Å². The Kier molecular flexibility index (Phi) is 17.3. The molecular formula is C25H42N7O17P3S. The summed E-state index contributed by atoms with van der Waals surface area (Å²) in [4.78, 5) is 85.9. The van der Waals surface area contributed by atoms with Crippen molar-refractivity contribution in [2.75, 3.05) is 37.8 Å². The van der Waals surface area contributed by atoms with Crippen LogP contribution in [0.2, 0.25) is 0 Å². The number of aromatic nitrogens is 4. The van der Waals surface area contributed by atoms with Crippen LogP contribution in [0.3, 0.4) is 0 Å². The van der Waals surface area contributed by atoms with E-state index in [4.69, 9.17) is 19.5 Å². The fourth-order valence-electron chi connectivity index (χ4n) is 4.32. The van der Waals surface area contributed by atoms with Crippen LogP contribution in [0.25, 0.3) is 11.2 Å². The zero-order valence-corrected chi connectivity index (χ0v) is 32.0. The molecule has 0 aliphatic carbocycles. The van der Waals surface area contributed by atoms with Crippen molar-refractivity contribution < 1.29 is 80.5 Å². The topological polar surface area (TPSA) is 364 Å². The third-order valence-corrected chi connectivity index (χ3v) is 10.7. The lowest BCUT2D eigenvalue weighted by Crippen LogP contribution is -2.46. The third-order valence-electron chi connectivity index (χ3n) is 6.81. The molecule has 7 atom stereocenters. The molecule has 0 aromatic carbocycles. The van der Waals surface area contributed by atoms with E-state index in [1.165, 1.54) is 20.8 Å². The second-order valence-electron chi connectivity index (χ2n) is 11.4. The predicted molar refractivity (Wildman–Crippen MR) is 184 cm³/mol. The number of nitrogen functional groups attached to an aromatic ring is 1. The van der Waals surface area contributed by atoms with Crippen molar-refractivity contribution in [2.45, 2.75) is 57.8 Å². The average Bonchev–Trinajstić information content (AvgIpc) is 3.62. The average molecular weight is 838 g/mol. The van der Waals surface area contributed by atoms with Crippen molar-refractivity contribution in [3.05, 3.63) is 25.8 Å². The maximum atomic E-state index is 12.6. The molecule has 3 unspecified atom stereocenters. The molecule has 0 spiro atoms. The van der Waals surface area contributed by atoms with Gasteiger partial charge in [0, 0.05) is 37.6 Å². The van der Waals surface area contributed by atoms with E-state index < -0.39 is 84.6 Å². The van der Waals surface area contributed by atoms with Gasteiger partial charge in [0.15, 0.2) is 22.8 Å². The van der Waals surface area contributed by atoms with Gasteiger partial charge in [0.1, 0.15) is 36.3 Å². The van der Waals surface area contributed by atoms with Gasteiger partial charge >= 0.3 is 23.5 Å². The normalized spacial score (nSPS) is 21.8. The van der Waals surface area contributed by atoms with Gasteiger partial charge in [0.25, 0.3) is 0 Å². The maximum absolute atomic E-state index is 12.6. The Bertz CT molecular complexity index is 1730. The third kappa shape index (κ3) is 14.5. The monoisotopic (exact) mass is 837 g/mol. The highest BCUT2D eigenvalue weighted by molar-refractivity contribution is 8.13. The van der Waals surface area contributed by atoms with E-state index in [1.807, 2.05) is 0 Å². The first-order valence-corrected chi connectivity index (χ1v) is 20.5. The molecule has 1 aliphatic rings. The summed E-state index contributed by atoms with van der Waals surface area (Å²) >= 11 is 1.03. The number of aliphatic hydroxyl groups excluding tert-OH is 2. The van der Waals surface area contributed by atoms with Gasteiger partial charge in [-0.1, -0.05) is 25.6 Å². The molecule has 1 aliphatic heterocycles. The number of aliphatic hydroxyl groups is 2. The summed E-state index contributed by atoms with van der Waals surface area (Å²) in [5.74, 6) is -1.08. The van der Waals surface area contributed by atoms with Crippen molar-refractivity contribution in [1.29, 1.82) is 0 Å². The smallest absolute Gasteiger partial charge is 0.386 e. The SMILES string of the molecule is C=C.CC(=O)SCCNC(=O)CCNC(=O)C(O)C(C)(C)COP(=O)(O)OP(=O)(O)OC[C@H]1O[C@@H](n2cnc3c(N)ncnc32)[C@H](O)[C@@H]1OP(=O)(O)O. The molecular weight excluding hydrogens is 795 g/mol. The fourth-order valence-corrected chi connectivity index (χ4v) is 7.65. The standard InChI is InChI=1S/C23H38N7O17P3S.C2H4/c1-12(31)51-7-6-25-14(32)4-5-26-21(35)18(34)23(2,3)9-44-50(41,42)47-49(39,40)43-8-13-17(46-48(36,37)38)16(33)22(45-13)30-11-29-15-19(24)27-10-28-20(15)30;1-2/h10-11,13,16-18,22,33-34H,4-9H2,1-3H3,(H,25,32)(H,26,35)(H,39,40)(H,41,42)(H2,24,27,28)(H2,36,37,38);1-2H2/t13-,16-,17-,18?,22-;/m1./s1. The number of carbonyl (C=O) groups excluding carboxylic acids is 3. The highest BCUT2D eigenvalue weighted by atomic mass is 32.2. The number of nitrogens with zero attached hydrogens (tertiary/aromatic N) is 4. The first kappa shape index (κ1) is 46.5. The fraction of sp³-hybridized carbons (Fsp3) is 0.600. The number of ether oxygens (including phenoxy) is 1. The minimum Gasteiger partial charge on any atom is -0.386 e. The second-order valence-corrected chi connectivity index (χ2v) is 16.9. The number of carbonyl (C=O) groups is 3. The van der Waals surface area contributed by atoms with Crippen LogP contribution in [0.5, 0.6) is 0 Å². The van der Waals surface area contributed by atoms with Crippen molar-refractivity contribution in [1.82, 2.24) is 30.2 Å². The lowest BCUT2D eigenvalue weighted by atomic mass is 9.87. The number of hydrogen-bond donors (Lipinski definition) is 9. The number of imidazole rings is 1. The number of fused-ring (bicyclic) bond motifs is 1. The number of thioether (sulfide) groups is 1. The Morgan fingerprint density at radius 1 is 1.08 bits per heavy atom. The van der Waals surface area contributed by atoms with Crippen molar-refractivity contribution >= 4 is 69.1 Å². The zero-order chi connectivity index (χ0) is 40.4. The number of nitrogens with one attached hydrogen (secondary N) is 2. The van der Waals surface area contributed by atoms with E-state index in [2.05, 4.69) is 47.6 Å². The van der Waals surface area contributed by atoms with E-state index in [0.717, 1.165) is 29.0 Å².